The van der Waals surface area contributed by atoms with Crippen LogP contribution in [0, 0.1) is 0 Å². The van der Waals surface area contributed by atoms with E-state index in [9.17, 15) is 4.79 Å². The fourth-order valence-electron chi connectivity index (χ4n) is 2.95. The third-order valence-electron chi connectivity index (χ3n) is 4.09. The van der Waals surface area contributed by atoms with Gasteiger partial charge in [-0.3, -0.25) is 0 Å². The van der Waals surface area contributed by atoms with E-state index in [0.29, 0.717) is 24.7 Å². The topological polar surface area (TPSA) is 50.8 Å². The number of benzene rings is 1. The number of rotatable bonds is 6. The molecule has 1 atom stereocenters. The Morgan fingerprint density at radius 1 is 1.29 bits per heavy atom. The Bertz CT molecular complexity index is 660. The first kappa shape index (κ1) is 16.6. The maximum atomic E-state index is 12.4. The summed E-state index contributed by atoms with van der Waals surface area (Å²) >= 11 is 1.71. The molecule has 0 spiro atoms. The molecule has 1 aliphatic rings. The van der Waals surface area contributed by atoms with Crippen molar-refractivity contribution in [3.05, 3.63) is 46.7 Å². The lowest BCUT2D eigenvalue weighted by molar-refractivity contribution is 0.190. The molecule has 3 rings (SSSR count). The summed E-state index contributed by atoms with van der Waals surface area (Å²) in [6.07, 6.45) is 2.08. The van der Waals surface area contributed by atoms with E-state index in [-0.39, 0.29) is 12.1 Å². The molecule has 2 aromatic rings. The fraction of sp³-hybridized carbons (Fsp3) is 0.389. The molecule has 0 bridgehead atoms. The van der Waals surface area contributed by atoms with Gasteiger partial charge in [0.15, 0.2) is 11.5 Å². The fourth-order valence-corrected chi connectivity index (χ4v) is 3.82. The highest BCUT2D eigenvalue weighted by atomic mass is 32.1. The molecule has 1 aromatic heterocycles. The molecule has 2 amide bonds. The molecule has 6 heteroatoms. The number of hydrogen-bond donors (Lipinski definition) is 1. The van der Waals surface area contributed by atoms with Crippen molar-refractivity contribution in [3.63, 3.8) is 0 Å². The highest BCUT2D eigenvalue weighted by Gasteiger charge is 2.30. The number of ether oxygens (including phenoxy) is 2. The highest BCUT2D eigenvalue weighted by molar-refractivity contribution is 7.10. The van der Waals surface area contributed by atoms with E-state index in [1.54, 1.807) is 18.4 Å². The van der Waals surface area contributed by atoms with Crippen LogP contribution in [0.15, 0.2) is 41.8 Å². The monoisotopic (exact) mass is 346 g/mol. The first-order valence-corrected chi connectivity index (χ1v) is 9.01. The number of nitrogens with one attached hydrogen (secondary N) is 1. The molecule has 0 unspecified atom stereocenters. The van der Waals surface area contributed by atoms with E-state index in [2.05, 4.69) is 16.8 Å². The van der Waals surface area contributed by atoms with Gasteiger partial charge in [0.1, 0.15) is 6.61 Å². The third kappa shape index (κ3) is 3.82. The zero-order chi connectivity index (χ0) is 16.8. The summed E-state index contributed by atoms with van der Waals surface area (Å²) in [4.78, 5) is 15.6. The van der Waals surface area contributed by atoms with Gasteiger partial charge in [-0.1, -0.05) is 18.2 Å². The second-order valence-electron chi connectivity index (χ2n) is 5.60. The number of urea groups is 1. The summed E-state index contributed by atoms with van der Waals surface area (Å²) in [6, 6.07) is 11.8. The molecule has 24 heavy (non-hydrogen) atoms. The molecule has 1 aliphatic heterocycles. The maximum absolute atomic E-state index is 12.4. The minimum atomic E-state index is -0.0190. The van der Waals surface area contributed by atoms with E-state index in [0.717, 1.165) is 19.4 Å². The van der Waals surface area contributed by atoms with Gasteiger partial charge < -0.3 is 19.7 Å². The van der Waals surface area contributed by atoms with Crippen LogP contribution < -0.4 is 14.8 Å². The molecular formula is C18H22N2O3S. The molecule has 1 fully saturated rings. The second-order valence-corrected chi connectivity index (χ2v) is 6.58. The first-order valence-electron chi connectivity index (χ1n) is 8.13. The number of carbonyl (C=O) groups is 1. The van der Waals surface area contributed by atoms with Crippen molar-refractivity contribution in [3.8, 4) is 11.5 Å². The Labute approximate surface area is 146 Å². The van der Waals surface area contributed by atoms with Crippen LogP contribution in [0.1, 0.15) is 23.8 Å². The Morgan fingerprint density at radius 2 is 2.12 bits per heavy atom. The van der Waals surface area contributed by atoms with Gasteiger partial charge in [-0.25, -0.2) is 4.79 Å². The number of thiophene rings is 1. The molecule has 0 radical (unpaired) electrons. The van der Waals surface area contributed by atoms with Crippen LogP contribution in [0.2, 0.25) is 0 Å². The molecule has 128 valence electrons. The number of amides is 2. The third-order valence-corrected chi connectivity index (χ3v) is 5.06. The number of methoxy groups -OCH3 is 1. The number of para-hydroxylation sites is 2. The van der Waals surface area contributed by atoms with Gasteiger partial charge in [0, 0.05) is 11.4 Å². The van der Waals surface area contributed by atoms with E-state index < -0.39 is 0 Å². The molecule has 1 aromatic carbocycles. The molecule has 2 heterocycles. The largest absolute Gasteiger partial charge is 0.493 e. The normalized spacial score (nSPS) is 16.9. The van der Waals surface area contributed by atoms with E-state index in [1.165, 1.54) is 4.88 Å². The zero-order valence-electron chi connectivity index (χ0n) is 13.7. The Balaban J connectivity index is 1.47. The van der Waals surface area contributed by atoms with Crippen molar-refractivity contribution in [1.82, 2.24) is 10.2 Å². The van der Waals surface area contributed by atoms with Crippen molar-refractivity contribution < 1.29 is 14.3 Å². The van der Waals surface area contributed by atoms with Crippen LogP contribution in [-0.4, -0.2) is 37.7 Å². The summed E-state index contributed by atoms with van der Waals surface area (Å²) in [5.74, 6) is 1.38. The lowest BCUT2D eigenvalue weighted by Gasteiger charge is -2.24. The van der Waals surface area contributed by atoms with Gasteiger partial charge in [0.05, 0.1) is 19.7 Å². The highest BCUT2D eigenvalue weighted by Crippen LogP contribution is 2.34. The summed E-state index contributed by atoms with van der Waals surface area (Å²) in [5.41, 5.74) is 0. The van der Waals surface area contributed by atoms with Crippen molar-refractivity contribution in [2.45, 2.75) is 18.9 Å². The predicted octanol–water partition coefficient (Wildman–Crippen LogP) is 3.68. The van der Waals surface area contributed by atoms with Crippen molar-refractivity contribution in [2.75, 3.05) is 26.8 Å². The zero-order valence-corrected chi connectivity index (χ0v) is 14.6. The lowest BCUT2D eigenvalue weighted by atomic mass is 10.2. The first-order chi connectivity index (χ1) is 11.8. The molecule has 0 saturated carbocycles. The molecule has 0 aliphatic carbocycles. The summed E-state index contributed by atoms with van der Waals surface area (Å²) in [7, 11) is 1.61. The summed E-state index contributed by atoms with van der Waals surface area (Å²) < 4.78 is 10.9. The number of carbonyl (C=O) groups excluding carboxylic acids is 1. The van der Waals surface area contributed by atoms with Crippen LogP contribution in [0.5, 0.6) is 11.5 Å². The lowest BCUT2D eigenvalue weighted by Crippen LogP contribution is -2.40. The van der Waals surface area contributed by atoms with Crippen molar-refractivity contribution in [1.29, 1.82) is 0 Å². The van der Waals surface area contributed by atoms with Crippen LogP contribution in [0.3, 0.4) is 0 Å². The maximum Gasteiger partial charge on any atom is 0.318 e. The van der Waals surface area contributed by atoms with Crippen molar-refractivity contribution >= 4 is 17.4 Å². The summed E-state index contributed by atoms with van der Waals surface area (Å²) in [5, 5.41) is 5.01. The van der Waals surface area contributed by atoms with Crippen LogP contribution in [0.4, 0.5) is 4.79 Å². The average molecular weight is 346 g/mol. The SMILES string of the molecule is COc1ccccc1OCCNC(=O)N1CCC[C@H]1c1cccs1. The van der Waals surface area contributed by atoms with Gasteiger partial charge in [-0.15, -0.1) is 11.3 Å². The average Bonchev–Trinajstić information content (AvgIpc) is 3.29. The Morgan fingerprint density at radius 3 is 2.88 bits per heavy atom. The number of hydrogen-bond acceptors (Lipinski definition) is 4. The van der Waals surface area contributed by atoms with Crippen molar-refractivity contribution in [2.24, 2.45) is 0 Å². The van der Waals surface area contributed by atoms with E-state index in [1.807, 2.05) is 35.2 Å². The number of likely N-dealkylation sites (tertiary alicyclic amines) is 1. The molecule has 5 nitrogen and oxygen atoms in total. The Hall–Kier alpha value is -2.21. The van der Waals surface area contributed by atoms with E-state index >= 15 is 0 Å². The quantitative estimate of drug-likeness (QED) is 0.812. The molecular weight excluding hydrogens is 324 g/mol. The minimum absolute atomic E-state index is 0.0190. The van der Waals surface area contributed by atoms with E-state index in [4.69, 9.17) is 9.47 Å². The van der Waals surface area contributed by atoms with Crippen LogP contribution in [0.25, 0.3) is 0 Å². The summed E-state index contributed by atoms with van der Waals surface area (Å²) in [6.45, 7) is 1.68. The molecule has 1 saturated heterocycles. The second kappa shape index (κ2) is 8.06. The smallest absolute Gasteiger partial charge is 0.318 e. The minimum Gasteiger partial charge on any atom is -0.493 e. The molecule has 1 N–H and O–H groups in total. The van der Waals surface area contributed by atoms with Gasteiger partial charge in [-0.2, -0.15) is 0 Å². The van der Waals surface area contributed by atoms with Gasteiger partial charge >= 0.3 is 6.03 Å². The predicted molar refractivity (Wildman–Crippen MR) is 94.9 cm³/mol. The standard InChI is InChI=1S/C18H22N2O3S/c1-22-15-7-2-3-8-16(15)23-12-10-19-18(21)20-11-4-6-14(20)17-9-5-13-24-17/h2-3,5,7-9,13-14H,4,6,10-12H2,1H3,(H,19,21)/t14-/m0/s1. The van der Waals surface area contributed by atoms with Gasteiger partial charge in [0.25, 0.3) is 0 Å². The van der Waals surface area contributed by atoms with Crippen LogP contribution in [-0.2, 0) is 0 Å². The number of nitrogens with zero attached hydrogens (tertiary/aromatic N) is 1. The van der Waals surface area contributed by atoms with Gasteiger partial charge in [-0.05, 0) is 36.4 Å². The van der Waals surface area contributed by atoms with Gasteiger partial charge in [0.2, 0.25) is 0 Å². The van der Waals surface area contributed by atoms with Crippen LogP contribution >= 0.6 is 11.3 Å². The Kier molecular flexibility index (Phi) is 5.59.